The highest BCUT2D eigenvalue weighted by atomic mass is 32.1. The summed E-state index contributed by atoms with van der Waals surface area (Å²) in [5.74, 6) is 0.888. The number of aromatic nitrogens is 1. The second-order valence-electron chi connectivity index (χ2n) is 5.12. The van der Waals surface area contributed by atoms with Crippen molar-refractivity contribution in [3.8, 4) is 0 Å². The van der Waals surface area contributed by atoms with E-state index >= 15 is 0 Å². The predicted octanol–water partition coefficient (Wildman–Crippen LogP) is 3.99. The van der Waals surface area contributed by atoms with Crippen molar-refractivity contribution >= 4 is 28.1 Å². The Bertz CT molecular complexity index is 740. The van der Waals surface area contributed by atoms with Crippen LogP contribution in [-0.2, 0) is 6.61 Å². The molecule has 3 rings (SSSR count). The zero-order valence-electron chi connectivity index (χ0n) is 12.2. The fraction of sp³-hybridized carbons (Fsp3) is 0.235. The van der Waals surface area contributed by atoms with Gasteiger partial charge in [-0.15, -0.1) is 11.3 Å². The highest BCUT2D eigenvalue weighted by Crippen LogP contribution is 2.29. The van der Waals surface area contributed by atoms with Gasteiger partial charge in [-0.2, -0.15) is 0 Å². The Kier molecular flexibility index (Phi) is 3.90. The van der Waals surface area contributed by atoms with Crippen molar-refractivity contribution in [2.75, 3.05) is 11.9 Å². The summed E-state index contributed by atoms with van der Waals surface area (Å²) in [6.07, 6.45) is 0. The lowest BCUT2D eigenvalue weighted by molar-refractivity contribution is 0.283. The van der Waals surface area contributed by atoms with Crippen LogP contribution in [0.25, 0.3) is 10.9 Å². The molecule has 2 heterocycles. The lowest BCUT2D eigenvalue weighted by Crippen LogP contribution is -2.22. The molecular weight excluding hydrogens is 280 g/mol. The number of rotatable bonds is 4. The lowest BCUT2D eigenvalue weighted by Gasteiger charge is -2.26. The molecule has 1 aromatic carbocycles. The van der Waals surface area contributed by atoms with Crippen molar-refractivity contribution in [2.45, 2.75) is 19.6 Å². The maximum atomic E-state index is 9.62. The Morgan fingerprint density at radius 1 is 1.24 bits per heavy atom. The predicted molar refractivity (Wildman–Crippen MR) is 88.8 cm³/mol. The molecule has 0 saturated carbocycles. The van der Waals surface area contributed by atoms with Crippen molar-refractivity contribution in [3.63, 3.8) is 0 Å². The van der Waals surface area contributed by atoms with Gasteiger partial charge in [0.1, 0.15) is 5.82 Å². The first-order chi connectivity index (χ1) is 10.2. The average Bonchev–Trinajstić information content (AvgIpc) is 3.06. The zero-order chi connectivity index (χ0) is 14.8. The fourth-order valence-corrected chi connectivity index (χ4v) is 3.29. The Morgan fingerprint density at radius 2 is 2.05 bits per heavy atom. The smallest absolute Gasteiger partial charge is 0.129 e. The number of pyridine rings is 1. The van der Waals surface area contributed by atoms with Crippen molar-refractivity contribution in [1.29, 1.82) is 0 Å². The monoisotopic (exact) mass is 298 g/mol. The van der Waals surface area contributed by atoms with E-state index in [4.69, 9.17) is 4.98 Å². The van der Waals surface area contributed by atoms with Gasteiger partial charge in [0.25, 0.3) is 0 Å². The minimum absolute atomic E-state index is 0.0251. The van der Waals surface area contributed by atoms with Gasteiger partial charge in [-0.1, -0.05) is 24.3 Å². The molecule has 0 spiro atoms. The van der Waals surface area contributed by atoms with E-state index in [0.29, 0.717) is 0 Å². The van der Waals surface area contributed by atoms with E-state index in [-0.39, 0.29) is 12.6 Å². The second-order valence-corrected chi connectivity index (χ2v) is 6.10. The first-order valence-corrected chi connectivity index (χ1v) is 7.84. The molecule has 1 unspecified atom stereocenters. The molecule has 0 aliphatic heterocycles. The Morgan fingerprint density at radius 3 is 2.76 bits per heavy atom. The van der Waals surface area contributed by atoms with Crippen LogP contribution in [-0.4, -0.2) is 17.1 Å². The number of nitrogens with zero attached hydrogens (tertiary/aromatic N) is 2. The van der Waals surface area contributed by atoms with Crippen LogP contribution in [0, 0.1) is 0 Å². The minimum atomic E-state index is 0.0251. The maximum Gasteiger partial charge on any atom is 0.129 e. The Labute approximate surface area is 128 Å². The number of anilines is 1. The van der Waals surface area contributed by atoms with Gasteiger partial charge in [0.05, 0.1) is 18.2 Å². The molecule has 108 valence electrons. The Hall–Kier alpha value is -1.91. The third-order valence-electron chi connectivity index (χ3n) is 3.86. The van der Waals surface area contributed by atoms with Crippen molar-refractivity contribution in [2.24, 2.45) is 0 Å². The van der Waals surface area contributed by atoms with Crippen LogP contribution in [0.3, 0.4) is 0 Å². The van der Waals surface area contributed by atoms with Gasteiger partial charge in [0, 0.05) is 17.3 Å². The molecule has 0 amide bonds. The average molecular weight is 298 g/mol. The van der Waals surface area contributed by atoms with Crippen molar-refractivity contribution in [3.05, 3.63) is 58.3 Å². The molecule has 0 saturated heterocycles. The lowest BCUT2D eigenvalue weighted by atomic mass is 10.1. The van der Waals surface area contributed by atoms with Crippen molar-refractivity contribution in [1.82, 2.24) is 4.98 Å². The number of thiophene rings is 1. The van der Waals surface area contributed by atoms with Gasteiger partial charge < -0.3 is 10.0 Å². The number of hydrogen-bond donors (Lipinski definition) is 1. The molecule has 1 atom stereocenters. The number of hydrogen-bond acceptors (Lipinski definition) is 4. The molecule has 3 nitrogen and oxygen atoms in total. The summed E-state index contributed by atoms with van der Waals surface area (Å²) in [5.41, 5.74) is 1.84. The standard InChI is InChI=1S/C17H18N2OS/c1-12(16-8-5-9-21-16)19(2)17-10-13(11-20)14-6-3-4-7-15(14)18-17/h3-10,12,20H,11H2,1-2H3. The molecule has 0 bridgehead atoms. The topological polar surface area (TPSA) is 36.4 Å². The van der Waals surface area contributed by atoms with Crippen LogP contribution in [0.5, 0.6) is 0 Å². The summed E-state index contributed by atoms with van der Waals surface area (Å²) < 4.78 is 0. The largest absolute Gasteiger partial charge is 0.392 e. The molecule has 4 heteroatoms. The SMILES string of the molecule is CC(c1cccs1)N(C)c1cc(CO)c2ccccc2n1. The number of aliphatic hydroxyl groups excluding tert-OH is 1. The normalized spacial score (nSPS) is 12.5. The number of para-hydroxylation sites is 1. The summed E-state index contributed by atoms with van der Waals surface area (Å²) in [5, 5.41) is 12.7. The van der Waals surface area contributed by atoms with Crippen LogP contribution >= 0.6 is 11.3 Å². The molecule has 1 N–H and O–H groups in total. The second kappa shape index (κ2) is 5.84. The summed E-state index contributed by atoms with van der Waals surface area (Å²) in [6.45, 7) is 2.19. The van der Waals surface area contributed by atoms with Gasteiger partial charge in [-0.3, -0.25) is 0 Å². The first-order valence-electron chi connectivity index (χ1n) is 6.96. The molecule has 0 aliphatic rings. The van der Waals surface area contributed by atoms with E-state index in [1.165, 1.54) is 4.88 Å². The summed E-state index contributed by atoms with van der Waals surface area (Å²) in [6, 6.07) is 14.4. The molecule has 2 aromatic heterocycles. The van der Waals surface area contributed by atoms with Gasteiger partial charge in [-0.05, 0) is 36.1 Å². The van der Waals surface area contributed by atoms with E-state index in [1.807, 2.05) is 37.4 Å². The van der Waals surface area contributed by atoms with E-state index in [9.17, 15) is 5.11 Å². The quantitative estimate of drug-likeness (QED) is 0.791. The zero-order valence-corrected chi connectivity index (χ0v) is 13.0. The molecule has 0 aliphatic carbocycles. The maximum absolute atomic E-state index is 9.62. The van der Waals surface area contributed by atoms with Gasteiger partial charge in [0.2, 0.25) is 0 Å². The fourth-order valence-electron chi connectivity index (χ4n) is 2.46. The Balaban J connectivity index is 2.03. The van der Waals surface area contributed by atoms with E-state index in [1.54, 1.807) is 11.3 Å². The van der Waals surface area contributed by atoms with Crippen LogP contribution in [0.15, 0.2) is 47.8 Å². The van der Waals surface area contributed by atoms with Crippen LogP contribution in [0.1, 0.15) is 23.4 Å². The van der Waals surface area contributed by atoms with Crippen LogP contribution in [0.4, 0.5) is 5.82 Å². The first kappa shape index (κ1) is 14.0. The number of fused-ring (bicyclic) bond motifs is 1. The van der Waals surface area contributed by atoms with Gasteiger partial charge in [-0.25, -0.2) is 4.98 Å². The van der Waals surface area contributed by atoms with Crippen LogP contribution in [0.2, 0.25) is 0 Å². The summed E-state index contributed by atoms with van der Waals surface area (Å²) >= 11 is 1.75. The minimum Gasteiger partial charge on any atom is -0.392 e. The highest BCUT2D eigenvalue weighted by molar-refractivity contribution is 7.10. The van der Waals surface area contributed by atoms with Gasteiger partial charge >= 0.3 is 0 Å². The van der Waals surface area contributed by atoms with Gasteiger partial charge in [0.15, 0.2) is 0 Å². The van der Waals surface area contributed by atoms with Crippen LogP contribution < -0.4 is 4.90 Å². The molecule has 0 fully saturated rings. The third kappa shape index (κ3) is 2.64. The molecular formula is C17H18N2OS. The van der Waals surface area contributed by atoms with E-state index in [0.717, 1.165) is 22.3 Å². The molecule has 0 radical (unpaired) electrons. The summed E-state index contributed by atoms with van der Waals surface area (Å²) in [7, 11) is 2.04. The van der Waals surface area contributed by atoms with Crippen molar-refractivity contribution < 1.29 is 5.11 Å². The number of aliphatic hydroxyl groups is 1. The molecule has 21 heavy (non-hydrogen) atoms. The number of benzene rings is 1. The highest BCUT2D eigenvalue weighted by Gasteiger charge is 2.16. The van der Waals surface area contributed by atoms with E-state index < -0.39 is 0 Å². The summed E-state index contributed by atoms with van der Waals surface area (Å²) in [4.78, 5) is 8.19. The third-order valence-corrected chi connectivity index (χ3v) is 4.90. The molecule has 3 aromatic rings. The van der Waals surface area contributed by atoms with E-state index in [2.05, 4.69) is 29.3 Å².